The fourth-order valence-corrected chi connectivity index (χ4v) is 3.11. The van der Waals surface area contributed by atoms with Crippen molar-refractivity contribution in [3.05, 3.63) is 46.2 Å². The number of methoxy groups -OCH3 is 1. The molecule has 7 heteroatoms. The molecule has 0 amide bonds. The summed E-state index contributed by atoms with van der Waals surface area (Å²) in [4.78, 5) is 4.24. The third-order valence-corrected chi connectivity index (χ3v) is 4.80. The highest BCUT2D eigenvalue weighted by molar-refractivity contribution is 9.10. The number of hydrogen-bond acceptors (Lipinski definition) is 3. The lowest BCUT2D eigenvalue weighted by molar-refractivity contribution is 0.416. The second-order valence-electron chi connectivity index (χ2n) is 4.26. The summed E-state index contributed by atoms with van der Waals surface area (Å²) in [7, 11) is 1.59. The van der Waals surface area contributed by atoms with Gasteiger partial charge in [-0.1, -0.05) is 29.8 Å². The van der Waals surface area contributed by atoms with Crippen molar-refractivity contribution in [1.82, 2.24) is 8.96 Å². The standard InChI is InChI=1S/C14H9BrClFN2OS/c1-20-11-5-3-2-4-8(11)9-7-19(21-17)14-12(9)13(16)10(15)6-18-14/h2-7H,1H3. The van der Waals surface area contributed by atoms with Gasteiger partial charge >= 0.3 is 0 Å². The highest BCUT2D eigenvalue weighted by atomic mass is 79.9. The summed E-state index contributed by atoms with van der Waals surface area (Å²) >= 11 is 9.81. The van der Waals surface area contributed by atoms with Crippen LogP contribution in [0.5, 0.6) is 5.75 Å². The minimum absolute atomic E-state index is 0.0812. The summed E-state index contributed by atoms with van der Waals surface area (Å²) in [5.41, 5.74) is 2.07. The molecule has 0 aliphatic heterocycles. The van der Waals surface area contributed by atoms with E-state index in [0.717, 1.165) is 11.1 Å². The molecule has 0 saturated heterocycles. The number of benzene rings is 1. The predicted octanol–water partition coefficient (Wildman–Crippen LogP) is 5.51. The van der Waals surface area contributed by atoms with Crippen molar-refractivity contribution in [2.45, 2.75) is 0 Å². The molecule has 0 unspecified atom stereocenters. The first-order chi connectivity index (χ1) is 10.2. The van der Waals surface area contributed by atoms with Gasteiger partial charge in [0.05, 0.1) is 16.6 Å². The van der Waals surface area contributed by atoms with E-state index in [-0.39, 0.29) is 12.3 Å². The van der Waals surface area contributed by atoms with Crippen LogP contribution in [0.3, 0.4) is 0 Å². The van der Waals surface area contributed by atoms with Gasteiger partial charge in [-0.2, -0.15) is 0 Å². The Morgan fingerprint density at radius 3 is 2.81 bits per heavy atom. The van der Waals surface area contributed by atoms with Crippen LogP contribution in [0.4, 0.5) is 3.89 Å². The molecule has 0 fully saturated rings. The lowest BCUT2D eigenvalue weighted by Crippen LogP contribution is -1.87. The Kier molecular flexibility index (Phi) is 4.10. The zero-order valence-electron chi connectivity index (χ0n) is 10.8. The maximum atomic E-state index is 13.2. The van der Waals surface area contributed by atoms with Crippen LogP contribution < -0.4 is 4.74 Å². The number of aromatic nitrogens is 2. The van der Waals surface area contributed by atoms with E-state index in [4.69, 9.17) is 16.3 Å². The molecule has 3 rings (SSSR count). The third-order valence-electron chi connectivity index (χ3n) is 3.15. The summed E-state index contributed by atoms with van der Waals surface area (Å²) in [5, 5.41) is 1.18. The van der Waals surface area contributed by atoms with E-state index in [9.17, 15) is 3.89 Å². The van der Waals surface area contributed by atoms with Gasteiger partial charge in [-0.15, -0.1) is 3.89 Å². The summed E-state index contributed by atoms with van der Waals surface area (Å²) in [6.45, 7) is 0. The molecule has 0 spiro atoms. The van der Waals surface area contributed by atoms with Gasteiger partial charge in [-0.05, 0) is 22.0 Å². The molecular formula is C14H9BrClFN2OS. The van der Waals surface area contributed by atoms with Crippen LogP contribution in [0.1, 0.15) is 0 Å². The van der Waals surface area contributed by atoms with Crippen LogP contribution in [-0.4, -0.2) is 16.1 Å². The van der Waals surface area contributed by atoms with Crippen LogP contribution in [0.15, 0.2) is 41.1 Å². The molecule has 0 atom stereocenters. The summed E-state index contributed by atoms with van der Waals surface area (Å²) < 4.78 is 20.5. The zero-order chi connectivity index (χ0) is 15.0. The van der Waals surface area contributed by atoms with Gasteiger partial charge in [0.1, 0.15) is 5.75 Å². The smallest absolute Gasteiger partial charge is 0.171 e. The second-order valence-corrected chi connectivity index (χ2v) is 6.02. The maximum absolute atomic E-state index is 13.2. The van der Waals surface area contributed by atoms with Crippen molar-refractivity contribution in [2.24, 2.45) is 0 Å². The Balaban J connectivity index is 2.40. The van der Waals surface area contributed by atoms with Crippen molar-refractivity contribution >= 4 is 50.9 Å². The van der Waals surface area contributed by atoms with Crippen molar-refractivity contribution in [3.63, 3.8) is 0 Å². The number of para-hydroxylation sites is 1. The molecule has 0 aliphatic rings. The van der Waals surface area contributed by atoms with Gasteiger partial charge in [0.2, 0.25) is 0 Å². The Labute approximate surface area is 138 Å². The van der Waals surface area contributed by atoms with Crippen LogP contribution in [0, 0.1) is 0 Å². The van der Waals surface area contributed by atoms with E-state index in [1.807, 2.05) is 24.3 Å². The average molecular weight is 388 g/mol. The molecule has 3 nitrogen and oxygen atoms in total. The van der Waals surface area contributed by atoms with Crippen molar-refractivity contribution in [1.29, 1.82) is 0 Å². The average Bonchev–Trinajstić information content (AvgIpc) is 2.90. The number of pyridine rings is 1. The number of fused-ring (bicyclic) bond motifs is 1. The highest BCUT2D eigenvalue weighted by Crippen LogP contribution is 2.42. The molecule has 21 heavy (non-hydrogen) atoms. The minimum atomic E-state index is 0.0812. The van der Waals surface area contributed by atoms with Gasteiger partial charge in [-0.25, -0.2) is 8.96 Å². The lowest BCUT2D eigenvalue weighted by Gasteiger charge is -2.07. The van der Waals surface area contributed by atoms with Gasteiger partial charge in [-0.3, -0.25) is 0 Å². The molecular weight excluding hydrogens is 379 g/mol. The fraction of sp³-hybridized carbons (Fsp3) is 0.0714. The number of halogens is 3. The number of nitrogens with zero attached hydrogens (tertiary/aromatic N) is 2. The lowest BCUT2D eigenvalue weighted by atomic mass is 10.0. The van der Waals surface area contributed by atoms with E-state index < -0.39 is 0 Å². The Morgan fingerprint density at radius 2 is 2.10 bits per heavy atom. The Bertz CT molecular complexity index is 824. The van der Waals surface area contributed by atoms with Crippen LogP contribution >= 0.6 is 39.9 Å². The van der Waals surface area contributed by atoms with E-state index in [1.165, 1.54) is 3.97 Å². The summed E-state index contributed by atoms with van der Waals surface area (Å²) in [6.07, 6.45) is 3.22. The van der Waals surface area contributed by atoms with Crippen molar-refractivity contribution in [3.8, 4) is 16.9 Å². The fourth-order valence-electron chi connectivity index (χ4n) is 2.23. The molecule has 0 aliphatic carbocycles. The molecule has 0 N–H and O–H groups in total. The number of rotatable bonds is 3. The summed E-state index contributed by atoms with van der Waals surface area (Å²) in [5.74, 6) is 0.691. The maximum Gasteiger partial charge on any atom is 0.171 e. The zero-order valence-corrected chi connectivity index (χ0v) is 14.0. The van der Waals surface area contributed by atoms with Gasteiger partial charge in [0, 0.05) is 28.9 Å². The molecule has 2 heterocycles. The van der Waals surface area contributed by atoms with E-state index >= 15 is 0 Å². The highest BCUT2D eigenvalue weighted by Gasteiger charge is 2.19. The minimum Gasteiger partial charge on any atom is -0.496 e. The Hall–Kier alpha value is -1.24. The largest absolute Gasteiger partial charge is 0.496 e. The topological polar surface area (TPSA) is 27.1 Å². The molecule has 1 aromatic carbocycles. The number of hydrogen-bond donors (Lipinski definition) is 0. The van der Waals surface area contributed by atoms with Crippen molar-refractivity contribution < 1.29 is 8.62 Å². The molecule has 0 radical (unpaired) electrons. The molecule has 0 saturated carbocycles. The van der Waals surface area contributed by atoms with Gasteiger partial charge in [0.25, 0.3) is 0 Å². The SMILES string of the molecule is COc1ccccc1-c1cn(SF)c2ncc(Br)c(Cl)c12. The number of ether oxygens (including phenoxy) is 1. The normalized spacial score (nSPS) is 11.0. The van der Waals surface area contributed by atoms with Gasteiger partial charge < -0.3 is 4.74 Å². The monoisotopic (exact) mass is 386 g/mol. The van der Waals surface area contributed by atoms with Crippen LogP contribution in [0.25, 0.3) is 22.2 Å². The van der Waals surface area contributed by atoms with Gasteiger partial charge in [0.15, 0.2) is 18.0 Å². The molecule has 0 bridgehead atoms. The first-order valence-corrected chi connectivity index (χ1v) is 7.79. The van der Waals surface area contributed by atoms with E-state index in [2.05, 4.69) is 20.9 Å². The van der Waals surface area contributed by atoms with Crippen molar-refractivity contribution in [2.75, 3.05) is 7.11 Å². The van der Waals surface area contributed by atoms with Crippen LogP contribution in [0.2, 0.25) is 5.02 Å². The summed E-state index contributed by atoms with van der Waals surface area (Å²) in [6, 6.07) is 7.52. The quantitative estimate of drug-likeness (QED) is 0.593. The Morgan fingerprint density at radius 1 is 1.33 bits per heavy atom. The molecule has 2 aromatic heterocycles. The molecule has 108 valence electrons. The predicted molar refractivity (Wildman–Crippen MR) is 88.5 cm³/mol. The van der Waals surface area contributed by atoms with Crippen LogP contribution in [-0.2, 0) is 0 Å². The van der Waals surface area contributed by atoms with E-state index in [0.29, 0.717) is 26.3 Å². The molecule has 3 aromatic rings. The second kappa shape index (κ2) is 5.87. The van der Waals surface area contributed by atoms with E-state index in [1.54, 1.807) is 19.5 Å². The first-order valence-electron chi connectivity index (χ1n) is 5.95. The third kappa shape index (κ3) is 2.41. The first kappa shape index (κ1) is 14.7.